The van der Waals surface area contributed by atoms with Crippen LogP contribution in [0.3, 0.4) is 0 Å². The monoisotopic (exact) mass is 281 g/mol. The van der Waals surface area contributed by atoms with E-state index in [2.05, 4.69) is 49.6 Å². The Kier molecular flexibility index (Phi) is 9.90. The second kappa shape index (κ2) is 10.6. The van der Waals surface area contributed by atoms with Crippen LogP contribution in [-0.2, 0) is 9.53 Å². The summed E-state index contributed by atoms with van der Waals surface area (Å²) in [4.78, 5) is 15.0. The van der Waals surface area contributed by atoms with Gasteiger partial charge < -0.3 is 4.74 Å². The maximum absolute atomic E-state index is 9.18. The summed E-state index contributed by atoms with van der Waals surface area (Å²) < 4.78 is 4.15. The predicted molar refractivity (Wildman–Crippen MR) is 84.3 cm³/mol. The molecular formula is C15H23NO2S. The minimum absolute atomic E-state index is 0.431. The number of allylic oxidation sites excluding steroid dienone is 4. The van der Waals surface area contributed by atoms with Crippen molar-refractivity contribution < 1.29 is 9.53 Å². The first-order chi connectivity index (χ1) is 9.12. The van der Waals surface area contributed by atoms with E-state index in [1.807, 2.05) is 6.20 Å². The average molecular weight is 281 g/mol. The topological polar surface area (TPSA) is 38.7 Å². The minimum Gasteiger partial charge on any atom is -0.468 e. The molecule has 0 amide bonds. The Morgan fingerprint density at radius 1 is 1.32 bits per heavy atom. The zero-order valence-corrected chi connectivity index (χ0v) is 13.2. The Bertz CT molecular complexity index is 406. The second-order valence-corrected chi connectivity index (χ2v) is 4.97. The molecule has 0 aromatic rings. The third-order valence-electron chi connectivity index (χ3n) is 2.47. The van der Waals surface area contributed by atoms with E-state index < -0.39 is 0 Å². The van der Waals surface area contributed by atoms with Crippen LogP contribution in [0.5, 0.6) is 0 Å². The highest BCUT2D eigenvalue weighted by Gasteiger charge is 2.19. The molecule has 0 unspecified atom stereocenters. The van der Waals surface area contributed by atoms with Crippen molar-refractivity contribution in [3.63, 3.8) is 0 Å². The number of carbonyl (C=O) groups is 1. The van der Waals surface area contributed by atoms with Crippen LogP contribution in [0.1, 0.15) is 41.0 Å². The fraction of sp³-hybridized carbons (Fsp3) is 0.467. The largest absolute Gasteiger partial charge is 0.468 e. The molecule has 0 aliphatic carbocycles. The highest BCUT2D eigenvalue weighted by Crippen LogP contribution is 2.37. The molecule has 0 saturated carbocycles. The SMILES string of the molecule is C/C=C1/C(C)=C(C)S/C1=N\C=C\CC.CCOC=O. The van der Waals surface area contributed by atoms with E-state index in [4.69, 9.17) is 0 Å². The van der Waals surface area contributed by atoms with Gasteiger partial charge in [-0.1, -0.05) is 30.8 Å². The van der Waals surface area contributed by atoms with Crippen molar-refractivity contribution in [1.29, 1.82) is 0 Å². The van der Waals surface area contributed by atoms with E-state index in [0.717, 1.165) is 11.5 Å². The summed E-state index contributed by atoms with van der Waals surface area (Å²) in [7, 11) is 0. The van der Waals surface area contributed by atoms with E-state index in [0.29, 0.717) is 13.1 Å². The van der Waals surface area contributed by atoms with E-state index in [1.165, 1.54) is 16.1 Å². The summed E-state index contributed by atoms with van der Waals surface area (Å²) >= 11 is 1.77. The van der Waals surface area contributed by atoms with Gasteiger partial charge in [0.25, 0.3) is 6.47 Å². The molecule has 0 aromatic carbocycles. The van der Waals surface area contributed by atoms with Crippen LogP contribution in [0.4, 0.5) is 0 Å². The molecule has 106 valence electrons. The van der Waals surface area contributed by atoms with E-state index >= 15 is 0 Å². The van der Waals surface area contributed by atoms with Crippen molar-refractivity contribution in [2.75, 3.05) is 6.61 Å². The molecule has 0 aromatic heterocycles. The Morgan fingerprint density at radius 2 is 2.00 bits per heavy atom. The van der Waals surface area contributed by atoms with Crippen molar-refractivity contribution in [2.24, 2.45) is 4.99 Å². The van der Waals surface area contributed by atoms with Crippen molar-refractivity contribution in [3.8, 4) is 0 Å². The molecule has 1 rings (SSSR count). The van der Waals surface area contributed by atoms with Crippen molar-refractivity contribution in [3.05, 3.63) is 34.4 Å². The van der Waals surface area contributed by atoms with Gasteiger partial charge >= 0.3 is 0 Å². The van der Waals surface area contributed by atoms with Gasteiger partial charge in [-0.3, -0.25) is 4.79 Å². The minimum atomic E-state index is 0.431. The van der Waals surface area contributed by atoms with Crippen LogP contribution >= 0.6 is 11.8 Å². The number of thioether (sulfide) groups is 1. The van der Waals surface area contributed by atoms with Crippen LogP contribution in [0.2, 0.25) is 0 Å². The maximum Gasteiger partial charge on any atom is 0.293 e. The van der Waals surface area contributed by atoms with Gasteiger partial charge in [0, 0.05) is 11.8 Å². The first-order valence-corrected chi connectivity index (χ1v) is 7.24. The molecule has 4 heteroatoms. The van der Waals surface area contributed by atoms with Crippen LogP contribution in [0.15, 0.2) is 39.4 Å². The molecule has 3 nitrogen and oxygen atoms in total. The molecule has 1 heterocycles. The van der Waals surface area contributed by atoms with Crippen LogP contribution in [-0.4, -0.2) is 18.1 Å². The molecule has 0 fully saturated rings. The fourth-order valence-corrected chi connectivity index (χ4v) is 2.40. The van der Waals surface area contributed by atoms with Gasteiger partial charge in [0.15, 0.2) is 0 Å². The van der Waals surface area contributed by atoms with Gasteiger partial charge in [-0.05, 0) is 44.6 Å². The molecule has 0 radical (unpaired) electrons. The number of nitrogens with zero attached hydrogens (tertiary/aromatic N) is 1. The van der Waals surface area contributed by atoms with E-state index in [9.17, 15) is 4.79 Å². The summed E-state index contributed by atoms with van der Waals surface area (Å²) in [6, 6.07) is 0. The number of aliphatic imine (C=N–C) groups is 1. The smallest absolute Gasteiger partial charge is 0.293 e. The Hall–Kier alpha value is -1.29. The number of hydrogen-bond acceptors (Lipinski definition) is 4. The van der Waals surface area contributed by atoms with Crippen molar-refractivity contribution >= 4 is 23.3 Å². The molecule has 19 heavy (non-hydrogen) atoms. The van der Waals surface area contributed by atoms with Crippen molar-refractivity contribution in [2.45, 2.75) is 41.0 Å². The highest BCUT2D eigenvalue weighted by molar-refractivity contribution is 8.18. The molecular weight excluding hydrogens is 258 g/mol. The van der Waals surface area contributed by atoms with Crippen molar-refractivity contribution in [1.82, 2.24) is 0 Å². The Labute approximate surface area is 120 Å². The quantitative estimate of drug-likeness (QED) is 0.713. The molecule has 0 N–H and O–H groups in total. The lowest BCUT2D eigenvalue weighted by Crippen LogP contribution is -1.90. The number of carbonyl (C=O) groups excluding carboxylic acids is 1. The Morgan fingerprint density at radius 3 is 2.42 bits per heavy atom. The number of rotatable bonds is 4. The molecule has 1 aliphatic heterocycles. The lowest BCUT2D eigenvalue weighted by atomic mass is 10.1. The first kappa shape index (κ1) is 17.7. The van der Waals surface area contributed by atoms with E-state index in [1.54, 1.807) is 18.7 Å². The zero-order valence-electron chi connectivity index (χ0n) is 12.4. The van der Waals surface area contributed by atoms with E-state index in [-0.39, 0.29) is 0 Å². The summed E-state index contributed by atoms with van der Waals surface area (Å²) in [5, 5.41) is 1.13. The zero-order chi connectivity index (χ0) is 14.7. The standard InChI is InChI=1S/C12H17NS.C3H6O2/c1-5-7-8-13-12-11(6-2)9(3)10(4)14-12;1-2-5-3-4/h6-8H,5H2,1-4H3;3H,2H2,1H3/b8-7+,11-6-,13-12-;. The van der Waals surface area contributed by atoms with Crippen LogP contribution in [0.25, 0.3) is 0 Å². The molecule has 1 aliphatic rings. The summed E-state index contributed by atoms with van der Waals surface area (Å²) in [6.45, 7) is 11.2. The number of hydrogen-bond donors (Lipinski definition) is 0. The van der Waals surface area contributed by atoms with Gasteiger partial charge in [-0.25, -0.2) is 4.99 Å². The van der Waals surface area contributed by atoms with Crippen LogP contribution < -0.4 is 0 Å². The van der Waals surface area contributed by atoms with Gasteiger partial charge in [0.2, 0.25) is 0 Å². The summed E-state index contributed by atoms with van der Waals surface area (Å²) in [6.07, 6.45) is 7.15. The van der Waals surface area contributed by atoms with Gasteiger partial charge in [-0.2, -0.15) is 0 Å². The second-order valence-electron chi connectivity index (χ2n) is 3.76. The normalized spacial score (nSPS) is 19.0. The first-order valence-electron chi connectivity index (χ1n) is 6.42. The van der Waals surface area contributed by atoms with Gasteiger partial charge in [0.1, 0.15) is 5.04 Å². The summed E-state index contributed by atoms with van der Waals surface area (Å²) in [5.41, 5.74) is 2.65. The lowest BCUT2D eigenvalue weighted by molar-refractivity contribution is -0.128. The van der Waals surface area contributed by atoms with Gasteiger partial charge in [0.05, 0.1) is 6.61 Å². The number of ether oxygens (including phenoxy) is 1. The van der Waals surface area contributed by atoms with Crippen LogP contribution in [0, 0.1) is 0 Å². The maximum atomic E-state index is 9.18. The molecule has 0 saturated heterocycles. The molecule has 0 atom stereocenters. The highest BCUT2D eigenvalue weighted by atomic mass is 32.2. The molecule has 0 bridgehead atoms. The third kappa shape index (κ3) is 6.43. The fourth-order valence-electron chi connectivity index (χ4n) is 1.36. The summed E-state index contributed by atoms with van der Waals surface area (Å²) in [5.74, 6) is 0. The average Bonchev–Trinajstić information content (AvgIpc) is 2.67. The predicted octanol–water partition coefficient (Wildman–Crippen LogP) is 4.47. The Balaban J connectivity index is 0.000000555. The lowest BCUT2D eigenvalue weighted by Gasteiger charge is -1.97. The van der Waals surface area contributed by atoms with Gasteiger partial charge in [-0.15, -0.1) is 0 Å². The third-order valence-corrected chi connectivity index (χ3v) is 3.60. The molecule has 0 spiro atoms.